The summed E-state index contributed by atoms with van der Waals surface area (Å²) in [6.07, 6.45) is 1.53. The molecule has 12 heavy (non-hydrogen) atoms. The first-order valence-electron chi connectivity index (χ1n) is 3.48. The Kier molecular flexibility index (Phi) is 2.82. The quantitative estimate of drug-likeness (QED) is 0.698. The summed E-state index contributed by atoms with van der Waals surface area (Å²) in [4.78, 5) is 11.9. The maximum atomic E-state index is 10.3. The van der Waals surface area contributed by atoms with E-state index in [0.29, 0.717) is 12.3 Å². The van der Waals surface area contributed by atoms with E-state index in [0.717, 1.165) is 0 Å². The van der Waals surface area contributed by atoms with E-state index in [2.05, 4.69) is 5.16 Å². The van der Waals surface area contributed by atoms with Crippen LogP contribution in [0.4, 0.5) is 0 Å². The number of nitrogens with zero attached hydrogens (tertiary/aromatic N) is 2. The van der Waals surface area contributed by atoms with E-state index in [4.69, 9.17) is 9.63 Å². The van der Waals surface area contributed by atoms with E-state index in [1.807, 2.05) is 0 Å². The van der Waals surface area contributed by atoms with Crippen LogP contribution in [0.1, 0.15) is 5.76 Å². The molecule has 0 aliphatic rings. The minimum absolute atomic E-state index is 0.000694. The molecule has 66 valence electrons. The lowest BCUT2D eigenvalue weighted by molar-refractivity contribution is -0.138. The highest BCUT2D eigenvalue weighted by atomic mass is 16.5. The van der Waals surface area contributed by atoms with Gasteiger partial charge in [-0.05, 0) is 7.05 Å². The first-order valence-corrected chi connectivity index (χ1v) is 3.48. The van der Waals surface area contributed by atoms with Gasteiger partial charge in [-0.2, -0.15) is 0 Å². The number of aromatic nitrogens is 1. The lowest BCUT2D eigenvalue weighted by atomic mass is 10.4. The maximum Gasteiger partial charge on any atom is 0.317 e. The summed E-state index contributed by atoms with van der Waals surface area (Å²) in [5.74, 6) is -0.184. The van der Waals surface area contributed by atoms with Gasteiger partial charge < -0.3 is 9.63 Å². The fourth-order valence-electron chi connectivity index (χ4n) is 0.877. The monoisotopic (exact) mass is 170 g/mol. The topological polar surface area (TPSA) is 66.6 Å². The third-order valence-electron chi connectivity index (χ3n) is 1.32. The van der Waals surface area contributed by atoms with Gasteiger partial charge in [0.1, 0.15) is 0 Å². The summed E-state index contributed by atoms with van der Waals surface area (Å²) in [7, 11) is 1.70. The van der Waals surface area contributed by atoms with E-state index in [9.17, 15) is 4.79 Å². The van der Waals surface area contributed by atoms with Crippen molar-refractivity contribution < 1.29 is 14.4 Å². The van der Waals surface area contributed by atoms with Crippen LogP contribution in [0, 0.1) is 0 Å². The lowest BCUT2D eigenvalue weighted by Gasteiger charge is -2.10. The van der Waals surface area contributed by atoms with Gasteiger partial charge in [0, 0.05) is 6.07 Å². The van der Waals surface area contributed by atoms with Crippen LogP contribution in [-0.4, -0.2) is 34.7 Å². The molecule has 0 aliphatic carbocycles. The normalized spacial score (nSPS) is 10.5. The number of aliphatic carboxylic acids is 1. The Hall–Kier alpha value is -1.36. The molecule has 0 amide bonds. The third-order valence-corrected chi connectivity index (χ3v) is 1.32. The summed E-state index contributed by atoms with van der Waals surface area (Å²) >= 11 is 0. The molecular formula is C7H10N2O3. The first-order chi connectivity index (χ1) is 5.68. The highest BCUT2D eigenvalue weighted by molar-refractivity contribution is 5.68. The van der Waals surface area contributed by atoms with E-state index in [1.165, 1.54) is 6.20 Å². The largest absolute Gasteiger partial charge is 0.480 e. The van der Waals surface area contributed by atoms with Crippen LogP contribution < -0.4 is 0 Å². The Morgan fingerprint density at radius 2 is 2.58 bits per heavy atom. The Bertz CT molecular complexity index is 245. The first kappa shape index (κ1) is 8.73. The summed E-state index contributed by atoms with van der Waals surface area (Å²) in [5.41, 5.74) is 0. The molecule has 1 aromatic heterocycles. The number of hydrogen-bond acceptors (Lipinski definition) is 4. The van der Waals surface area contributed by atoms with Crippen LogP contribution in [0.2, 0.25) is 0 Å². The molecule has 1 heterocycles. The fraction of sp³-hybridized carbons (Fsp3) is 0.429. The Morgan fingerprint density at radius 3 is 3.08 bits per heavy atom. The van der Waals surface area contributed by atoms with E-state index < -0.39 is 5.97 Å². The summed E-state index contributed by atoms with van der Waals surface area (Å²) < 4.78 is 4.80. The van der Waals surface area contributed by atoms with Gasteiger partial charge in [-0.15, -0.1) is 0 Å². The number of carboxylic acid groups (broad SMARTS) is 1. The van der Waals surface area contributed by atoms with Crippen molar-refractivity contribution in [1.82, 2.24) is 10.1 Å². The average Bonchev–Trinajstić information content (AvgIpc) is 2.37. The average molecular weight is 170 g/mol. The van der Waals surface area contributed by atoms with Gasteiger partial charge in [-0.3, -0.25) is 9.69 Å². The van der Waals surface area contributed by atoms with Crippen LogP contribution in [0.15, 0.2) is 16.8 Å². The van der Waals surface area contributed by atoms with Crippen LogP contribution in [0.5, 0.6) is 0 Å². The highest BCUT2D eigenvalue weighted by Crippen LogP contribution is 2.00. The second kappa shape index (κ2) is 3.87. The molecule has 0 fully saturated rings. The molecule has 1 aromatic rings. The number of rotatable bonds is 4. The van der Waals surface area contributed by atoms with E-state index >= 15 is 0 Å². The van der Waals surface area contributed by atoms with Crippen molar-refractivity contribution >= 4 is 5.97 Å². The standard InChI is InChI=1S/C7H10N2O3/c1-9(5-7(10)11)4-6-2-3-8-12-6/h2-3H,4-5H2,1H3,(H,10,11). The number of likely N-dealkylation sites (N-methyl/N-ethyl adjacent to an activating group) is 1. The minimum atomic E-state index is -0.850. The van der Waals surface area contributed by atoms with E-state index in [-0.39, 0.29) is 6.54 Å². The second-order valence-electron chi connectivity index (χ2n) is 2.54. The molecule has 0 aromatic carbocycles. The Balaban J connectivity index is 2.36. The molecule has 1 N–H and O–H groups in total. The van der Waals surface area contributed by atoms with Gasteiger partial charge in [0.25, 0.3) is 0 Å². The number of carboxylic acids is 1. The zero-order valence-corrected chi connectivity index (χ0v) is 6.73. The van der Waals surface area contributed by atoms with Crippen LogP contribution in [0.25, 0.3) is 0 Å². The van der Waals surface area contributed by atoms with Crippen molar-refractivity contribution in [2.45, 2.75) is 6.54 Å². The smallest absolute Gasteiger partial charge is 0.317 e. The predicted octanol–water partition coefficient (Wildman–Crippen LogP) is 0.191. The molecule has 0 unspecified atom stereocenters. The molecule has 0 saturated heterocycles. The molecular weight excluding hydrogens is 160 g/mol. The fourth-order valence-corrected chi connectivity index (χ4v) is 0.877. The van der Waals surface area contributed by atoms with Gasteiger partial charge in [-0.25, -0.2) is 0 Å². The Morgan fingerprint density at radius 1 is 1.83 bits per heavy atom. The molecule has 5 heteroatoms. The molecule has 0 radical (unpaired) electrons. The number of hydrogen-bond donors (Lipinski definition) is 1. The van der Waals surface area contributed by atoms with Crippen molar-refractivity contribution in [2.24, 2.45) is 0 Å². The molecule has 0 aliphatic heterocycles. The van der Waals surface area contributed by atoms with Gasteiger partial charge in [0.05, 0.1) is 19.3 Å². The lowest BCUT2D eigenvalue weighted by Crippen LogP contribution is -2.24. The zero-order chi connectivity index (χ0) is 8.97. The van der Waals surface area contributed by atoms with Gasteiger partial charge in [-0.1, -0.05) is 5.16 Å². The van der Waals surface area contributed by atoms with Gasteiger partial charge >= 0.3 is 5.97 Å². The van der Waals surface area contributed by atoms with E-state index in [1.54, 1.807) is 18.0 Å². The van der Waals surface area contributed by atoms with Crippen LogP contribution >= 0.6 is 0 Å². The van der Waals surface area contributed by atoms with Crippen LogP contribution in [0.3, 0.4) is 0 Å². The summed E-state index contributed by atoms with van der Waals surface area (Å²) in [6.45, 7) is 0.465. The van der Waals surface area contributed by atoms with Gasteiger partial charge in [0.2, 0.25) is 0 Å². The SMILES string of the molecule is CN(CC(=O)O)Cc1ccno1. The summed E-state index contributed by atoms with van der Waals surface area (Å²) in [6, 6.07) is 1.71. The zero-order valence-electron chi connectivity index (χ0n) is 6.73. The van der Waals surface area contributed by atoms with Crippen molar-refractivity contribution in [3.05, 3.63) is 18.0 Å². The van der Waals surface area contributed by atoms with Gasteiger partial charge in [0.15, 0.2) is 5.76 Å². The molecule has 5 nitrogen and oxygen atoms in total. The van der Waals surface area contributed by atoms with Crippen molar-refractivity contribution in [3.63, 3.8) is 0 Å². The predicted molar refractivity (Wildman–Crippen MR) is 40.5 cm³/mol. The highest BCUT2D eigenvalue weighted by Gasteiger charge is 2.06. The minimum Gasteiger partial charge on any atom is -0.480 e. The summed E-state index contributed by atoms with van der Waals surface area (Å²) in [5, 5.41) is 11.9. The molecule has 0 bridgehead atoms. The Labute approximate surface area is 69.6 Å². The number of carbonyl (C=O) groups is 1. The molecule has 0 saturated carbocycles. The maximum absolute atomic E-state index is 10.3. The van der Waals surface area contributed by atoms with Crippen LogP contribution in [-0.2, 0) is 11.3 Å². The molecule has 0 spiro atoms. The third kappa shape index (κ3) is 2.71. The molecule has 1 rings (SSSR count). The van der Waals surface area contributed by atoms with Crippen molar-refractivity contribution in [1.29, 1.82) is 0 Å². The van der Waals surface area contributed by atoms with Crippen molar-refractivity contribution in [2.75, 3.05) is 13.6 Å². The second-order valence-corrected chi connectivity index (χ2v) is 2.54. The molecule has 0 atom stereocenters. The van der Waals surface area contributed by atoms with Crippen molar-refractivity contribution in [3.8, 4) is 0 Å².